The maximum absolute atomic E-state index is 13.4. The molecule has 176 valence electrons. The summed E-state index contributed by atoms with van der Waals surface area (Å²) in [5.74, 6) is -0.881. The number of hydrogen-bond donors (Lipinski definition) is 2. The predicted octanol–water partition coefficient (Wildman–Crippen LogP) is 6.35. The molecule has 3 aromatic rings. The van der Waals surface area contributed by atoms with Crippen molar-refractivity contribution in [3.63, 3.8) is 0 Å². The van der Waals surface area contributed by atoms with Crippen LogP contribution < -0.4 is 10.2 Å². The topological polar surface area (TPSA) is 93.4 Å². The molecule has 0 spiro atoms. The van der Waals surface area contributed by atoms with Gasteiger partial charge in [0.1, 0.15) is 5.75 Å². The van der Waals surface area contributed by atoms with Crippen molar-refractivity contribution in [2.45, 2.75) is 12.3 Å². The molecule has 4 rings (SSSR count). The lowest BCUT2D eigenvalue weighted by Crippen LogP contribution is -2.32. The van der Waals surface area contributed by atoms with E-state index in [1.54, 1.807) is 17.0 Å². The molecule has 6 nitrogen and oxygen atoms in total. The van der Waals surface area contributed by atoms with E-state index in [2.05, 4.69) is 43.2 Å². The molecule has 3 aromatic carbocycles. The zero-order valence-corrected chi connectivity index (χ0v) is 22.2. The maximum Gasteiger partial charge on any atom is 0.241 e. The Hall–Kier alpha value is -3.06. The number of phenolic OH excluding ortho intramolecular Hbond substituents is 1. The van der Waals surface area contributed by atoms with Crippen LogP contribution in [0.3, 0.4) is 0 Å². The summed E-state index contributed by atoms with van der Waals surface area (Å²) in [7, 11) is 0. The summed E-state index contributed by atoms with van der Waals surface area (Å²) in [5, 5.41) is 23.1. The Balaban J connectivity index is 1.63. The maximum atomic E-state index is 13.4. The van der Waals surface area contributed by atoms with Crippen molar-refractivity contribution >= 4 is 66.8 Å². The zero-order chi connectivity index (χ0) is 24.9. The molecule has 1 aliphatic rings. The highest BCUT2D eigenvalue weighted by molar-refractivity contribution is 9.11. The Bertz CT molecular complexity index is 1280. The number of nitrogens with one attached hydrogen (secondary N) is 1. The second-order valence-corrected chi connectivity index (χ2v) is 10.4. The van der Waals surface area contributed by atoms with E-state index in [4.69, 9.17) is 0 Å². The van der Waals surface area contributed by atoms with Crippen molar-refractivity contribution in [1.82, 2.24) is 5.32 Å². The normalized spacial score (nSPS) is 15.3. The number of nitriles is 1. The van der Waals surface area contributed by atoms with Crippen LogP contribution in [0.5, 0.6) is 5.75 Å². The van der Waals surface area contributed by atoms with Crippen LogP contribution >= 0.6 is 43.6 Å². The number of allylic oxidation sites excluding steroid dienone is 1. The SMILES string of the molecule is N#CC1=C(SCC(=O)N(c2ccccc2)c2ccccc2)NC(=O)CC1c1cc(Br)c(O)c(Br)c1. The summed E-state index contributed by atoms with van der Waals surface area (Å²) in [5.41, 5.74) is 2.52. The second kappa shape index (κ2) is 11.1. The van der Waals surface area contributed by atoms with E-state index in [1.165, 1.54) is 0 Å². The minimum atomic E-state index is -0.501. The molecule has 1 heterocycles. The molecule has 1 unspecified atom stereocenters. The molecular weight excluding hydrogens is 594 g/mol. The monoisotopic (exact) mass is 611 g/mol. The molecule has 0 saturated carbocycles. The van der Waals surface area contributed by atoms with Gasteiger partial charge in [0.15, 0.2) is 0 Å². The van der Waals surface area contributed by atoms with Gasteiger partial charge in [-0.1, -0.05) is 48.2 Å². The van der Waals surface area contributed by atoms with E-state index in [1.807, 2.05) is 60.7 Å². The molecule has 1 aliphatic heterocycles. The summed E-state index contributed by atoms with van der Waals surface area (Å²) in [6, 6.07) is 24.2. The van der Waals surface area contributed by atoms with Crippen molar-refractivity contribution in [2.24, 2.45) is 0 Å². The van der Waals surface area contributed by atoms with E-state index >= 15 is 0 Å². The van der Waals surface area contributed by atoms with Crippen molar-refractivity contribution in [1.29, 1.82) is 5.26 Å². The number of thioether (sulfide) groups is 1. The van der Waals surface area contributed by atoms with E-state index in [0.717, 1.165) is 23.1 Å². The fourth-order valence-electron chi connectivity index (χ4n) is 3.79. The van der Waals surface area contributed by atoms with Crippen molar-refractivity contribution in [2.75, 3.05) is 10.7 Å². The average Bonchev–Trinajstić information content (AvgIpc) is 2.87. The van der Waals surface area contributed by atoms with Crippen LogP contribution in [0.1, 0.15) is 17.9 Å². The Morgan fingerprint density at radius 2 is 1.60 bits per heavy atom. The van der Waals surface area contributed by atoms with Crippen LogP contribution in [0.2, 0.25) is 0 Å². The quantitative estimate of drug-likeness (QED) is 0.338. The lowest BCUT2D eigenvalue weighted by atomic mass is 9.87. The van der Waals surface area contributed by atoms with Gasteiger partial charge in [0, 0.05) is 23.7 Å². The highest BCUT2D eigenvalue weighted by Gasteiger charge is 2.31. The lowest BCUT2D eigenvalue weighted by molar-refractivity contribution is -0.121. The number of carbonyl (C=O) groups excluding carboxylic acids is 2. The van der Waals surface area contributed by atoms with Gasteiger partial charge in [-0.25, -0.2) is 0 Å². The number of rotatable bonds is 6. The van der Waals surface area contributed by atoms with Gasteiger partial charge in [-0.3, -0.25) is 14.5 Å². The van der Waals surface area contributed by atoms with Gasteiger partial charge in [-0.2, -0.15) is 5.26 Å². The van der Waals surface area contributed by atoms with Gasteiger partial charge in [0.2, 0.25) is 11.8 Å². The summed E-state index contributed by atoms with van der Waals surface area (Å²) in [6.45, 7) is 0. The number of halogens is 2. The number of hydrogen-bond acceptors (Lipinski definition) is 5. The number of benzene rings is 3. The van der Waals surface area contributed by atoms with Gasteiger partial charge in [-0.05, 0) is 73.8 Å². The molecule has 0 saturated heterocycles. The smallest absolute Gasteiger partial charge is 0.241 e. The molecule has 0 bridgehead atoms. The number of phenols is 1. The first-order valence-electron chi connectivity index (χ1n) is 10.6. The van der Waals surface area contributed by atoms with Gasteiger partial charge in [-0.15, -0.1) is 0 Å². The summed E-state index contributed by atoms with van der Waals surface area (Å²) >= 11 is 7.75. The molecule has 0 aromatic heterocycles. The first kappa shape index (κ1) is 25.0. The molecular formula is C26H19Br2N3O3S. The minimum absolute atomic E-state index is 0.0142. The number of anilines is 2. The Labute approximate surface area is 223 Å². The van der Waals surface area contributed by atoms with Crippen LogP contribution in [0, 0.1) is 11.3 Å². The average molecular weight is 613 g/mol. The Morgan fingerprint density at radius 3 is 2.11 bits per heavy atom. The number of nitrogens with zero attached hydrogens (tertiary/aromatic N) is 2. The van der Waals surface area contributed by atoms with Crippen LogP contribution in [0.15, 0.2) is 92.3 Å². The van der Waals surface area contributed by atoms with E-state index in [-0.39, 0.29) is 29.7 Å². The minimum Gasteiger partial charge on any atom is -0.506 e. The molecule has 0 radical (unpaired) electrons. The van der Waals surface area contributed by atoms with Gasteiger partial charge >= 0.3 is 0 Å². The van der Waals surface area contributed by atoms with Crippen LogP contribution in [0.25, 0.3) is 0 Å². The van der Waals surface area contributed by atoms with Crippen molar-refractivity contribution in [3.05, 3.63) is 97.9 Å². The lowest BCUT2D eigenvalue weighted by Gasteiger charge is -2.27. The van der Waals surface area contributed by atoms with Crippen LogP contribution in [-0.4, -0.2) is 22.7 Å². The van der Waals surface area contributed by atoms with Crippen molar-refractivity contribution in [3.8, 4) is 11.8 Å². The van der Waals surface area contributed by atoms with Crippen molar-refractivity contribution < 1.29 is 14.7 Å². The second-order valence-electron chi connectivity index (χ2n) is 7.68. The van der Waals surface area contributed by atoms with Crippen LogP contribution in [-0.2, 0) is 9.59 Å². The standard InChI is InChI=1S/C26H19Br2N3O3S/c27-21-11-16(12-22(28)25(21)34)19-13-23(32)30-26(20(19)14-29)35-15-24(33)31(17-7-3-1-4-8-17)18-9-5-2-6-10-18/h1-12,19,34H,13,15H2,(H,30,32). The first-order chi connectivity index (χ1) is 16.9. The predicted molar refractivity (Wildman–Crippen MR) is 144 cm³/mol. The number of para-hydroxylation sites is 2. The fraction of sp³-hybridized carbons (Fsp3) is 0.115. The Morgan fingerprint density at radius 1 is 1.06 bits per heavy atom. The third-order valence-electron chi connectivity index (χ3n) is 5.42. The van der Waals surface area contributed by atoms with Crippen LogP contribution in [0.4, 0.5) is 11.4 Å². The summed E-state index contributed by atoms with van der Waals surface area (Å²) in [6.07, 6.45) is 0.0880. The molecule has 35 heavy (non-hydrogen) atoms. The zero-order valence-electron chi connectivity index (χ0n) is 18.2. The third kappa shape index (κ3) is 5.61. The fourth-order valence-corrected chi connectivity index (χ4v) is 5.94. The first-order valence-corrected chi connectivity index (χ1v) is 13.1. The number of carbonyl (C=O) groups is 2. The highest BCUT2D eigenvalue weighted by Crippen LogP contribution is 2.41. The van der Waals surface area contributed by atoms with E-state index in [9.17, 15) is 20.0 Å². The highest BCUT2D eigenvalue weighted by atomic mass is 79.9. The third-order valence-corrected chi connectivity index (χ3v) is 7.63. The molecule has 0 aliphatic carbocycles. The van der Waals surface area contributed by atoms with Gasteiger partial charge in [0.25, 0.3) is 0 Å². The molecule has 9 heteroatoms. The van der Waals surface area contributed by atoms with Gasteiger partial charge in [0.05, 0.1) is 31.4 Å². The number of aromatic hydroxyl groups is 1. The largest absolute Gasteiger partial charge is 0.506 e. The molecule has 2 N–H and O–H groups in total. The summed E-state index contributed by atoms with van der Waals surface area (Å²) in [4.78, 5) is 27.6. The van der Waals surface area contributed by atoms with E-state index < -0.39 is 5.92 Å². The molecule has 2 amide bonds. The Kier molecular flexibility index (Phi) is 7.96. The van der Waals surface area contributed by atoms with E-state index in [0.29, 0.717) is 25.1 Å². The van der Waals surface area contributed by atoms with Gasteiger partial charge < -0.3 is 10.4 Å². The summed E-state index contributed by atoms with van der Waals surface area (Å²) < 4.78 is 0.909. The molecule has 0 fully saturated rings. The molecule has 1 atom stereocenters. The number of amides is 2.